The van der Waals surface area contributed by atoms with Gasteiger partial charge in [0.2, 0.25) is 0 Å². The molecule has 0 unspecified atom stereocenters. The third kappa shape index (κ3) is 2.12. The lowest BCUT2D eigenvalue weighted by Gasteiger charge is -2.00. The SMILES string of the molecule is CCc1ccc(-n2cc(C(=O)Cl)nn2)cc1. The van der Waals surface area contributed by atoms with Crippen LogP contribution in [-0.4, -0.2) is 20.2 Å². The first kappa shape index (κ1) is 10.8. The summed E-state index contributed by atoms with van der Waals surface area (Å²) in [6.07, 6.45) is 2.50. The smallest absolute Gasteiger partial charge is 0.274 e. The largest absolute Gasteiger partial charge is 0.274 e. The number of halogens is 1. The first-order chi connectivity index (χ1) is 7.70. The van der Waals surface area contributed by atoms with Gasteiger partial charge < -0.3 is 0 Å². The molecule has 0 amide bonds. The number of rotatable bonds is 3. The molecule has 0 atom stereocenters. The van der Waals surface area contributed by atoms with Crippen molar-refractivity contribution in [2.24, 2.45) is 0 Å². The molecule has 16 heavy (non-hydrogen) atoms. The Balaban J connectivity index is 2.31. The van der Waals surface area contributed by atoms with Crippen molar-refractivity contribution in [1.82, 2.24) is 15.0 Å². The number of hydrogen-bond acceptors (Lipinski definition) is 3. The quantitative estimate of drug-likeness (QED) is 0.767. The summed E-state index contributed by atoms with van der Waals surface area (Å²) in [5, 5.41) is 6.89. The van der Waals surface area contributed by atoms with Crippen molar-refractivity contribution in [3.8, 4) is 5.69 Å². The summed E-state index contributed by atoms with van der Waals surface area (Å²) in [5.74, 6) is 0. The molecule has 0 bridgehead atoms. The van der Waals surface area contributed by atoms with E-state index in [-0.39, 0.29) is 5.69 Å². The van der Waals surface area contributed by atoms with Crippen LogP contribution in [0.15, 0.2) is 30.5 Å². The van der Waals surface area contributed by atoms with Crippen LogP contribution in [0.4, 0.5) is 0 Å². The van der Waals surface area contributed by atoms with E-state index in [0.717, 1.165) is 12.1 Å². The minimum Gasteiger partial charge on any atom is -0.274 e. The Kier molecular flexibility index (Phi) is 3.01. The molecule has 1 heterocycles. The Morgan fingerprint density at radius 2 is 2.06 bits per heavy atom. The average Bonchev–Trinajstić information content (AvgIpc) is 2.78. The molecule has 0 aliphatic heterocycles. The highest BCUT2D eigenvalue weighted by Gasteiger charge is 2.07. The van der Waals surface area contributed by atoms with Gasteiger partial charge in [0, 0.05) is 0 Å². The molecular formula is C11H10ClN3O. The second-order valence-corrected chi connectivity index (χ2v) is 3.69. The van der Waals surface area contributed by atoms with Crippen LogP contribution < -0.4 is 0 Å². The lowest BCUT2D eigenvalue weighted by molar-refractivity contribution is 0.107. The van der Waals surface area contributed by atoms with E-state index in [4.69, 9.17) is 11.6 Å². The average molecular weight is 236 g/mol. The Bertz CT molecular complexity index is 504. The maximum absolute atomic E-state index is 10.8. The van der Waals surface area contributed by atoms with E-state index in [9.17, 15) is 4.79 Å². The lowest BCUT2D eigenvalue weighted by atomic mass is 10.1. The second kappa shape index (κ2) is 4.45. The molecule has 1 aromatic heterocycles. The molecule has 0 saturated heterocycles. The zero-order valence-corrected chi connectivity index (χ0v) is 9.48. The van der Waals surface area contributed by atoms with E-state index in [1.165, 1.54) is 16.4 Å². The van der Waals surface area contributed by atoms with E-state index in [1.807, 2.05) is 24.3 Å². The number of nitrogens with zero attached hydrogens (tertiary/aromatic N) is 3. The fourth-order valence-electron chi connectivity index (χ4n) is 1.36. The molecule has 82 valence electrons. The lowest BCUT2D eigenvalue weighted by Crippen LogP contribution is -1.94. The third-order valence-electron chi connectivity index (χ3n) is 2.30. The topological polar surface area (TPSA) is 47.8 Å². The van der Waals surface area contributed by atoms with E-state index < -0.39 is 5.24 Å². The van der Waals surface area contributed by atoms with Gasteiger partial charge in [0.05, 0.1) is 11.9 Å². The van der Waals surface area contributed by atoms with Crippen molar-refractivity contribution in [1.29, 1.82) is 0 Å². The van der Waals surface area contributed by atoms with Crippen molar-refractivity contribution in [2.75, 3.05) is 0 Å². The van der Waals surface area contributed by atoms with Crippen LogP contribution >= 0.6 is 11.6 Å². The number of carbonyl (C=O) groups is 1. The van der Waals surface area contributed by atoms with Gasteiger partial charge in [0.25, 0.3) is 5.24 Å². The zero-order valence-electron chi connectivity index (χ0n) is 8.72. The molecule has 0 radical (unpaired) electrons. The van der Waals surface area contributed by atoms with Gasteiger partial charge in [-0.3, -0.25) is 4.79 Å². The van der Waals surface area contributed by atoms with E-state index in [2.05, 4.69) is 17.2 Å². The molecule has 4 nitrogen and oxygen atoms in total. The number of carbonyl (C=O) groups excluding carboxylic acids is 1. The van der Waals surface area contributed by atoms with Crippen molar-refractivity contribution in [2.45, 2.75) is 13.3 Å². The molecule has 0 aliphatic rings. The van der Waals surface area contributed by atoms with Crippen LogP contribution in [0.25, 0.3) is 5.69 Å². The molecule has 0 saturated carbocycles. The highest BCUT2D eigenvalue weighted by Crippen LogP contribution is 2.10. The van der Waals surface area contributed by atoms with Crippen LogP contribution in [-0.2, 0) is 6.42 Å². The summed E-state index contributed by atoms with van der Waals surface area (Å²) in [7, 11) is 0. The number of aryl methyl sites for hydroxylation is 1. The maximum Gasteiger partial charge on any atom is 0.274 e. The second-order valence-electron chi connectivity index (χ2n) is 3.34. The fourth-order valence-corrected chi connectivity index (χ4v) is 1.45. The van der Waals surface area contributed by atoms with Crippen molar-refractivity contribution >= 4 is 16.8 Å². The normalized spacial score (nSPS) is 10.4. The van der Waals surface area contributed by atoms with E-state index in [0.29, 0.717) is 0 Å². The summed E-state index contributed by atoms with van der Waals surface area (Å²) in [5.41, 5.74) is 2.26. The zero-order chi connectivity index (χ0) is 11.5. The molecule has 2 rings (SSSR count). The molecule has 0 aliphatic carbocycles. The molecule has 1 aromatic carbocycles. The fraction of sp³-hybridized carbons (Fsp3) is 0.182. The summed E-state index contributed by atoms with van der Waals surface area (Å²) >= 11 is 5.30. The van der Waals surface area contributed by atoms with Gasteiger partial charge in [-0.05, 0) is 35.7 Å². The molecule has 5 heteroatoms. The van der Waals surface area contributed by atoms with Crippen LogP contribution in [0.2, 0.25) is 0 Å². The Hall–Kier alpha value is -1.68. The number of benzene rings is 1. The van der Waals surface area contributed by atoms with Crippen molar-refractivity contribution in [3.63, 3.8) is 0 Å². The van der Waals surface area contributed by atoms with Crippen molar-refractivity contribution in [3.05, 3.63) is 41.7 Å². The van der Waals surface area contributed by atoms with Crippen LogP contribution in [0.1, 0.15) is 23.0 Å². The van der Waals surface area contributed by atoms with Gasteiger partial charge in [0.1, 0.15) is 0 Å². The summed E-state index contributed by atoms with van der Waals surface area (Å²) in [6.45, 7) is 2.09. The third-order valence-corrected chi connectivity index (χ3v) is 2.50. The highest BCUT2D eigenvalue weighted by molar-refractivity contribution is 6.67. The van der Waals surface area contributed by atoms with Gasteiger partial charge in [-0.15, -0.1) is 5.10 Å². The molecular weight excluding hydrogens is 226 g/mol. The minimum atomic E-state index is -0.601. The Morgan fingerprint density at radius 3 is 2.56 bits per heavy atom. The van der Waals surface area contributed by atoms with Crippen LogP contribution in [0.3, 0.4) is 0 Å². The number of hydrogen-bond donors (Lipinski definition) is 0. The van der Waals surface area contributed by atoms with Crippen LogP contribution in [0, 0.1) is 0 Å². The summed E-state index contributed by atoms with van der Waals surface area (Å²) < 4.78 is 1.52. The van der Waals surface area contributed by atoms with Gasteiger partial charge in [-0.25, -0.2) is 4.68 Å². The van der Waals surface area contributed by atoms with E-state index >= 15 is 0 Å². The van der Waals surface area contributed by atoms with Gasteiger partial charge in [-0.2, -0.15) is 0 Å². The summed E-state index contributed by atoms with van der Waals surface area (Å²) in [4.78, 5) is 10.8. The first-order valence-electron chi connectivity index (χ1n) is 4.92. The highest BCUT2D eigenvalue weighted by atomic mass is 35.5. The van der Waals surface area contributed by atoms with Crippen molar-refractivity contribution < 1.29 is 4.79 Å². The Morgan fingerprint density at radius 1 is 1.38 bits per heavy atom. The van der Waals surface area contributed by atoms with Gasteiger partial charge >= 0.3 is 0 Å². The summed E-state index contributed by atoms with van der Waals surface area (Å²) in [6, 6.07) is 7.88. The predicted molar refractivity (Wildman–Crippen MR) is 60.9 cm³/mol. The molecule has 0 N–H and O–H groups in total. The molecule has 2 aromatic rings. The number of aromatic nitrogens is 3. The Labute approximate surface area is 97.8 Å². The first-order valence-corrected chi connectivity index (χ1v) is 5.30. The van der Waals surface area contributed by atoms with Gasteiger partial charge in [-0.1, -0.05) is 24.3 Å². The minimum absolute atomic E-state index is 0.154. The monoisotopic (exact) mass is 235 g/mol. The van der Waals surface area contributed by atoms with E-state index in [1.54, 1.807) is 0 Å². The van der Waals surface area contributed by atoms with Crippen LogP contribution in [0.5, 0.6) is 0 Å². The predicted octanol–water partition coefficient (Wildman–Crippen LogP) is 2.21. The maximum atomic E-state index is 10.8. The molecule has 0 fully saturated rings. The standard InChI is InChI=1S/C11H10ClN3O/c1-2-8-3-5-9(6-4-8)15-7-10(11(12)16)13-14-15/h3-7H,2H2,1H3. The molecule has 0 spiro atoms. The van der Waals surface area contributed by atoms with Gasteiger partial charge in [0.15, 0.2) is 5.69 Å².